The van der Waals surface area contributed by atoms with Crippen molar-refractivity contribution in [2.75, 3.05) is 26.2 Å². The van der Waals surface area contributed by atoms with Gasteiger partial charge in [-0.15, -0.1) is 13.2 Å². The van der Waals surface area contributed by atoms with Crippen LogP contribution >= 0.6 is 0 Å². The molecule has 0 aliphatic carbocycles. The lowest BCUT2D eigenvalue weighted by Gasteiger charge is -2.08. The van der Waals surface area contributed by atoms with Crippen molar-refractivity contribution in [3.05, 3.63) is 0 Å². The van der Waals surface area contributed by atoms with Crippen LogP contribution in [0.2, 0.25) is 0 Å². The summed E-state index contributed by atoms with van der Waals surface area (Å²) in [6.45, 7) is 2.53. The Hall–Kier alpha value is -0.820. The topological polar surface area (TPSA) is 50.4 Å². The van der Waals surface area contributed by atoms with Crippen LogP contribution in [0.25, 0.3) is 0 Å². The van der Waals surface area contributed by atoms with Crippen LogP contribution < -0.4 is 10.6 Å². The summed E-state index contributed by atoms with van der Waals surface area (Å²) in [5.74, 6) is -0.105. The molecular formula is C9H17F3N2O2. The molecule has 0 heterocycles. The van der Waals surface area contributed by atoms with E-state index in [0.29, 0.717) is 13.1 Å². The second kappa shape index (κ2) is 8.35. The minimum atomic E-state index is -4.58. The van der Waals surface area contributed by atoms with Gasteiger partial charge in [0.1, 0.15) is 0 Å². The molecular weight excluding hydrogens is 225 g/mol. The third-order valence-corrected chi connectivity index (χ3v) is 1.65. The fraction of sp³-hybridized carbons (Fsp3) is 0.889. The van der Waals surface area contributed by atoms with Crippen molar-refractivity contribution in [3.63, 3.8) is 0 Å². The first-order valence-corrected chi connectivity index (χ1v) is 5.14. The van der Waals surface area contributed by atoms with Gasteiger partial charge in [-0.25, -0.2) is 0 Å². The van der Waals surface area contributed by atoms with Crippen LogP contribution in [0, 0.1) is 0 Å². The molecule has 0 unspecified atom stereocenters. The van der Waals surface area contributed by atoms with Crippen molar-refractivity contribution in [1.82, 2.24) is 10.6 Å². The lowest BCUT2D eigenvalue weighted by atomic mass is 10.3. The summed E-state index contributed by atoms with van der Waals surface area (Å²) in [4.78, 5) is 11.0. The second-order valence-corrected chi connectivity index (χ2v) is 3.14. The van der Waals surface area contributed by atoms with E-state index in [4.69, 9.17) is 0 Å². The highest BCUT2D eigenvalue weighted by Crippen LogP contribution is 2.14. The Balaban J connectivity index is 3.24. The Kier molecular flexibility index (Phi) is 7.92. The zero-order chi connectivity index (χ0) is 12.4. The Bertz CT molecular complexity index is 198. The minimum absolute atomic E-state index is 0.0700. The molecule has 0 bridgehead atoms. The van der Waals surface area contributed by atoms with Crippen molar-refractivity contribution in [3.8, 4) is 0 Å². The van der Waals surface area contributed by atoms with Crippen LogP contribution in [0.4, 0.5) is 13.2 Å². The molecule has 7 heteroatoms. The van der Waals surface area contributed by atoms with Gasteiger partial charge in [0.2, 0.25) is 5.91 Å². The number of ether oxygens (including phenoxy) is 1. The predicted octanol–water partition coefficient (Wildman–Crippen LogP) is 1.03. The van der Waals surface area contributed by atoms with Gasteiger partial charge < -0.3 is 10.6 Å². The molecule has 0 aromatic rings. The monoisotopic (exact) mass is 242 g/mol. The molecule has 0 aromatic heterocycles. The largest absolute Gasteiger partial charge is 0.522 e. The first kappa shape index (κ1) is 15.2. The maximum absolute atomic E-state index is 11.5. The van der Waals surface area contributed by atoms with E-state index in [2.05, 4.69) is 15.4 Å². The number of hydrogen-bond acceptors (Lipinski definition) is 3. The molecule has 16 heavy (non-hydrogen) atoms. The number of amides is 1. The van der Waals surface area contributed by atoms with Gasteiger partial charge in [0, 0.05) is 26.1 Å². The zero-order valence-corrected chi connectivity index (χ0v) is 9.19. The van der Waals surface area contributed by atoms with E-state index >= 15 is 0 Å². The van der Waals surface area contributed by atoms with Crippen LogP contribution in [0.15, 0.2) is 0 Å². The van der Waals surface area contributed by atoms with Gasteiger partial charge in [0.15, 0.2) is 0 Å². The smallest absolute Gasteiger partial charge is 0.356 e. The molecule has 0 aromatic carbocycles. The van der Waals surface area contributed by atoms with E-state index in [1.807, 2.05) is 6.92 Å². The third kappa shape index (κ3) is 11.3. The molecule has 1 amide bonds. The van der Waals surface area contributed by atoms with E-state index in [1.165, 1.54) is 0 Å². The average molecular weight is 242 g/mol. The molecule has 0 aliphatic heterocycles. The van der Waals surface area contributed by atoms with Gasteiger partial charge in [-0.2, -0.15) is 0 Å². The van der Waals surface area contributed by atoms with Crippen LogP contribution in [0.1, 0.15) is 19.8 Å². The summed E-state index contributed by atoms with van der Waals surface area (Å²) in [7, 11) is 0. The molecule has 0 rings (SSSR count). The molecule has 2 N–H and O–H groups in total. The fourth-order valence-corrected chi connectivity index (χ4v) is 0.919. The van der Waals surface area contributed by atoms with Gasteiger partial charge in [0.25, 0.3) is 0 Å². The SMILES string of the molecule is CCCNC(=O)CCNCCOC(F)(F)F. The van der Waals surface area contributed by atoms with E-state index in [-0.39, 0.29) is 18.9 Å². The summed E-state index contributed by atoms with van der Waals surface area (Å²) in [6, 6.07) is 0. The van der Waals surface area contributed by atoms with Gasteiger partial charge in [0.05, 0.1) is 6.61 Å². The van der Waals surface area contributed by atoms with Gasteiger partial charge in [-0.05, 0) is 6.42 Å². The third-order valence-electron chi connectivity index (χ3n) is 1.65. The van der Waals surface area contributed by atoms with E-state index in [1.54, 1.807) is 0 Å². The quantitative estimate of drug-likeness (QED) is 0.625. The van der Waals surface area contributed by atoms with Gasteiger partial charge >= 0.3 is 6.36 Å². The van der Waals surface area contributed by atoms with Crippen molar-refractivity contribution in [2.45, 2.75) is 26.1 Å². The molecule has 0 radical (unpaired) electrons. The number of rotatable bonds is 8. The number of alkyl halides is 3. The Morgan fingerprint density at radius 1 is 1.25 bits per heavy atom. The van der Waals surface area contributed by atoms with Crippen LogP contribution in [0.3, 0.4) is 0 Å². The molecule has 0 aliphatic rings. The minimum Gasteiger partial charge on any atom is -0.356 e. The van der Waals surface area contributed by atoms with E-state index in [0.717, 1.165) is 6.42 Å². The summed E-state index contributed by atoms with van der Waals surface area (Å²) >= 11 is 0. The maximum atomic E-state index is 11.5. The number of carbonyl (C=O) groups excluding carboxylic acids is 1. The lowest BCUT2D eigenvalue weighted by Crippen LogP contribution is -2.30. The molecule has 0 atom stereocenters. The van der Waals surface area contributed by atoms with Crippen LogP contribution in [0.5, 0.6) is 0 Å². The maximum Gasteiger partial charge on any atom is 0.522 e. The first-order chi connectivity index (χ1) is 7.45. The molecule has 0 saturated heterocycles. The van der Waals surface area contributed by atoms with Gasteiger partial charge in [-0.1, -0.05) is 6.92 Å². The Morgan fingerprint density at radius 3 is 2.50 bits per heavy atom. The lowest BCUT2D eigenvalue weighted by molar-refractivity contribution is -0.323. The van der Waals surface area contributed by atoms with E-state index in [9.17, 15) is 18.0 Å². The summed E-state index contributed by atoms with van der Waals surface area (Å²) < 4.78 is 38.1. The zero-order valence-electron chi connectivity index (χ0n) is 9.19. The van der Waals surface area contributed by atoms with Crippen molar-refractivity contribution >= 4 is 5.91 Å². The van der Waals surface area contributed by atoms with Crippen LogP contribution in [-0.2, 0) is 9.53 Å². The predicted molar refractivity (Wildman–Crippen MR) is 52.8 cm³/mol. The summed E-state index contributed by atoms with van der Waals surface area (Å²) in [5, 5.41) is 5.34. The number of carbonyl (C=O) groups is 1. The molecule has 0 spiro atoms. The van der Waals surface area contributed by atoms with Gasteiger partial charge in [-0.3, -0.25) is 9.53 Å². The summed E-state index contributed by atoms with van der Waals surface area (Å²) in [5.41, 5.74) is 0. The highest BCUT2D eigenvalue weighted by atomic mass is 19.4. The molecule has 4 nitrogen and oxygen atoms in total. The standard InChI is InChI=1S/C9H17F3N2O2/c1-2-4-14-8(15)3-5-13-6-7-16-9(10,11)12/h13H,2-7H2,1H3,(H,14,15). The van der Waals surface area contributed by atoms with Crippen molar-refractivity contribution < 1.29 is 22.7 Å². The fourth-order valence-electron chi connectivity index (χ4n) is 0.919. The first-order valence-electron chi connectivity index (χ1n) is 5.14. The Morgan fingerprint density at radius 2 is 1.94 bits per heavy atom. The van der Waals surface area contributed by atoms with Crippen molar-refractivity contribution in [1.29, 1.82) is 0 Å². The van der Waals surface area contributed by atoms with Crippen LogP contribution in [-0.4, -0.2) is 38.5 Å². The summed E-state index contributed by atoms with van der Waals surface area (Å²) in [6.07, 6.45) is -3.47. The highest BCUT2D eigenvalue weighted by Gasteiger charge is 2.28. The average Bonchev–Trinajstić information content (AvgIpc) is 2.18. The Labute approximate surface area is 92.5 Å². The number of nitrogens with one attached hydrogen (secondary N) is 2. The van der Waals surface area contributed by atoms with E-state index < -0.39 is 13.0 Å². The molecule has 0 saturated carbocycles. The number of halogens is 3. The molecule has 96 valence electrons. The van der Waals surface area contributed by atoms with Crippen molar-refractivity contribution in [2.24, 2.45) is 0 Å². The second-order valence-electron chi connectivity index (χ2n) is 3.14. The molecule has 0 fully saturated rings. The normalized spacial score (nSPS) is 11.5. The number of hydrogen-bond donors (Lipinski definition) is 2. The highest BCUT2D eigenvalue weighted by molar-refractivity contribution is 5.75.